The number of halogens is 1. The second-order valence-electron chi connectivity index (χ2n) is 8.95. The smallest absolute Gasteiger partial charge is 0.238 e. The molecule has 1 amide bonds. The number of benzene rings is 1. The summed E-state index contributed by atoms with van der Waals surface area (Å²) in [5.41, 5.74) is 3.24. The summed E-state index contributed by atoms with van der Waals surface area (Å²) in [4.78, 5) is 23.2. The number of carbonyl (C=O) groups is 2. The molecule has 39 heavy (non-hydrogen) atoms. The van der Waals surface area contributed by atoms with Crippen LogP contribution in [0.4, 0.5) is 10.1 Å². The van der Waals surface area contributed by atoms with Gasteiger partial charge in [-0.3, -0.25) is 14.5 Å². The fourth-order valence-electron chi connectivity index (χ4n) is 3.25. The van der Waals surface area contributed by atoms with E-state index in [1.165, 1.54) is 36.3 Å². The number of aliphatic hydroxyl groups is 1. The lowest BCUT2D eigenvalue weighted by atomic mass is 10.0. The Morgan fingerprint density at radius 2 is 1.77 bits per heavy atom. The Bertz CT molecular complexity index is 923. The average molecular weight is 544 g/mol. The molecule has 0 atom stereocenters. The Morgan fingerprint density at radius 3 is 2.15 bits per heavy atom. The molecular weight excluding hydrogens is 493 g/mol. The van der Waals surface area contributed by atoms with Crippen LogP contribution in [0, 0.1) is 5.82 Å². The first-order valence-electron chi connectivity index (χ1n) is 13.4. The van der Waals surface area contributed by atoms with Crippen molar-refractivity contribution in [1.29, 1.82) is 0 Å². The van der Waals surface area contributed by atoms with Crippen molar-refractivity contribution in [3.8, 4) is 0 Å². The van der Waals surface area contributed by atoms with E-state index in [4.69, 9.17) is 0 Å². The number of piperidine rings is 1. The third-order valence-corrected chi connectivity index (χ3v) is 5.32. The molecule has 0 aromatic heterocycles. The van der Waals surface area contributed by atoms with Crippen molar-refractivity contribution in [2.24, 2.45) is 0 Å². The number of amides is 1. The summed E-state index contributed by atoms with van der Waals surface area (Å²) in [5, 5.41) is 15.4. The first kappa shape index (κ1) is 37.9. The summed E-state index contributed by atoms with van der Waals surface area (Å²) in [5.74, 6) is -0.445. The maximum atomic E-state index is 13.2. The summed E-state index contributed by atoms with van der Waals surface area (Å²) in [6.07, 6.45) is 14.5. The van der Waals surface area contributed by atoms with E-state index in [2.05, 4.69) is 55.5 Å². The van der Waals surface area contributed by atoms with Crippen LogP contribution in [0.2, 0.25) is 0 Å². The molecule has 0 saturated carbocycles. The van der Waals surface area contributed by atoms with Crippen molar-refractivity contribution in [2.75, 3.05) is 25.0 Å². The highest BCUT2D eigenvalue weighted by Gasteiger charge is 2.21. The van der Waals surface area contributed by atoms with Crippen LogP contribution in [-0.2, 0) is 16.2 Å². The molecule has 0 radical (unpaired) electrons. The van der Waals surface area contributed by atoms with Gasteiger partial charge in [0, 0.05) is 36.1 Å². The topological polar surface area (TPSA) is 81.7 Å². The molecule has 2 rings (SSSR count). The summed E-state index contributed by atoms with van der Waals surface area (Å²) >= 11 is 0. The minimum Gasteiger partial charge on any atom is -0.392 e. The summed E-state index contributed by atoms with van der Waals surface area (Å²) in [6.45, 7) is 21.1. The number of hydrogen-bond acceptors (Lipinski definition) is 5. The predicted molar refractivity (Wildman–Crippen MR) is 164 cm³/mol. The second kappa shape index (κ2) is 25.0. The molecule has 1 aromatic carbocycles. The number of nitrogens with zero attached hydrogens (tertiary/aromatic N) is 1. The highest BCUT2D eigenvalue weighted by Crippen LogP contribution is 2.21. The van der Waals surface area contributed by atoms with E-state index >= 15 is 0 Å². The number of carbonyl (C=O) groups excluding carboxylic acids is 2. The fraction of sp³-hybridized carbons (Fsp3) is 0.438. The molecule has 1 aliphatic rings. The molecule has 218 valence electrons. The number of aldehydes is 1. The lowest BCUT2D eigenvalue weighted by molar-refractivity contribution is -0.121. The van der Waals surface area contributed by atoms with E-state index in [0.717, 1.165) is 37.9 Å². The number of nitrogens with one attached hydrogen (secondary N) is 2. The van der Waals surface area contributed by atoms with Crippen molar-refractivity contribution in [3.05, 3.63) is 90.5 Å². The van der Waals surface area contributed by atoms with E-state index in [-0.39, 0.29) is 24.4 Å². The Kier molecular flexibility index (Phi) is 24.3. The second-order valence-corrected chi connectivity index (χ2v) is 8.95. The van der Waals surface area contributed by atoms with Gasteiger partial charge in [-0.2, -0.15) is 0 Å². The van der Waals surface area contributed by atoms with Crippen LogP contribution in [0.1, 0.15) is 66.4 Å². The number of aliphatic hydroxyl groups excluding tert-OH is 1. The molecule has 0 aliphatic carbocycles. The van der Waals surface area contributed by atoms with Crippen LogP contribution in [0.5, 0.6) is 0 Å². The summed E-state index contributed by atoms with van der Waals surface area (Å²) < 4.78 is 13.2. The van der Waals surface area contributed by atoms with E-state index in [1.807, 2.05) is 26.0 Å². The molecule has 7 heteroatoms. The molecule has 1 saturated heterocycles. The maximum Gasteiger partial charge on any atom is 0.238 e. The Balaban J connectivity index is 0. The first-order chi connectivity index (χ1) is 18.6. The zero-order valence-corrected chi connectivity index (χ0v) is 24.8. The van der Waals surface area contributed by atoms with Crippen molar-refractivity contribution < 1.29 is 19.1 Å². The van der Waals surface area contributed by atoms with Gasteiger partial charge in [-0.15, -0.1) is 0 Å². The molecule has 0 spiro atoms. The Hall–Kier alpha value is -3.29. The molecular formula is C32H50FN3O3. The van der Waals surface area contributed by atoms with E-state index < -0.39 is 0 Å². The van der Waals surface area contributed by atoms with Crippen molar-refractivity contribution in [2.45, 2.75) is 73.5 Å². The number of hydrogen-bond donors (Lipinski definition) is 3. The van der Waals surface area contributed by atoms with Gasteiger partial charge in [0.2, 0.25) is 5.91 Å². The van der Waals surface area contributed by atoms with Gasteiger partial charge in [-0.05, 0) is 84.2 Å². The molecule has 1 heterocycles. The van der Waals surface area contributed by atoms with E-state index in [9.17, 15) is 19.1 Å². The Morgan fingerprint density at radius 1 is 1.15 bits per heavy atom. The molecule has 1 fully saturated rings. The fourth-order valence-corrected chi connectivity index (χ4v) is 3.25. The van der Waals surface area contributed by atoms with Gasteiger partial charge >= 0.3 is 0 Å². The van der Waals surface area contributed by atoms with Gasteiger partial charge in [-0.25, -0.2) is 4.39 Å². The molecule has 6 nitrogen and oxygen atoms in total. The average Bonchev–Trinajstić information content (AvgIpc) is 2.91. The van der Waals surface area contributed by atoms with Crippen LogP contribution in [0.3, 0.4) is 0 Å². The van der Waals surface area contributed by atoms with Crippen LogP contribution in [0.25, 0.3) is 0 Å². The number of likely N-dealkylation sites (tertiary alicyclic amines) is 1. The lowest BCUT2D eigenvalue weighted by Gasteiger charge is -2.32. The first-order valence-corrected chi connectivity index (χ1v) is 13.4. The molecule has 3 N–H and O–H groups in total. The van der Waals surface area contributed by atoms with Crippen molar-refractivity contribution >= 4 is 17.9 Å². The van der Waals surface area contributed by atoms with Gasteiger partial charge in [-0.1, -0.05) is 50.0 Å². The lowest BCUT2D eigenvalue weighted by Crippen LogP contribution is -2.44. The van der Waals surface area contributed by atoms with Crippen LogP contribution in [0.15, 0.2) is 79.1 Å². The SMILES string of the molecule is C/C=C/C=O.C/C=C\C.C=CC(=C)NC(=O)CN1CCC(Nc2ccc(F)cc2CO)CC1.CCC=C(C)C. The summed E-state index contributed by atoms with van der Waals surface area (Å²) in [6, 6.07) is 4.62. The van der Waals surface area contributed by atoms with Crippen LogP contribution < -0.4 is 10.6 Å². The van der Waals surface area contributed by atoms with Gasteiger partial charge in [0.25, 0.3) is 0 Å². The monoisotopic (exact) mass is 543 g/mol. The largest absolute Gasteiger partial charge is 0.392 e. The third kappa shape index (κ3) is 21.3. The number of anilines is 1. The van der Waals surface area contributed by atoms with E-state index in [0.29, 0.717) is 17.8 Å². The Labute approximate surface area is 236 Å². The van der Waals surface area contributed by atoms with Crippen LogP contribution >= 0.6 is 0 Å². The van der Waals surface area contributed by atoms with Gasteiger partial charge < -0.3 is 15.7 Å². The number of rotatable bonds is 9. The third-order valence-electron chi connectivity index (χ3n) is 5.32. The predicted octanol–water partition coefficient (Wildman–Crippen LogP) is 6.72. The highest BCUT2D eigenvalue weighted by molar-refractivity contribution is 5.80. The standard InChI is InChI=1S/C18H24FN3O2.C6H12.C4H6O.C4H8/c1-3-13(2)20-18(24)11-22-8-6-16(7-9-22)21-17-5-4-15(19)10-14(17)12-23;1-4-5-6(2)3;1-2-3-4-5;1-3-4-2/h3-5,10,16,21,23H,1-2,6-9,11-12H2,(H,20,24);5H,4H2,1-3H3;2-4H,1H3;3-4H,1-2H3/b;;3-2+;4-3-. The zero-order chi connectivity index (χ0) is 30.1. The molecule has 0 unspecified atom stereocenters. The number of allylic oxidation sites excluding steroid dienone is 7. The summed E-state index contributed by atoms with van der Waals surface area (Å²) in [7, 11) is 0. The molecule has 0 bridgehead atoms. The quantitative estimate of drug-likeness (QED) is 0.139. The molecule has 1 aromatic rings. The molecule has 1 aliphatic heterocycles. The van der Waals surface area contributed by atoms with E-state index in [1.54, 1.807) is 19.1 Å². The highest BCUT2D eigenvalue weighted by atomic mass is 19.1. The van der Waals surface area contributed by atoms with Crippen molar-refractivity contribution in [1.82, 2.24) is 10.2 Å². The van der Waals surface area contributed by atoms with Crippen molar-refractivity contribution in [3.63, 3.8) is 0 Å². The zero-order valence-electron chi connectivity index (χ0n) is 24.8. The van der Waals surface area contributed by atoms with Gasteiger partial charge in [0.05, 0.1) is 13.2 Å². The normalized spacial score (nSPS) is 13.0. The minimum atomic E-state index is -0.355. The minimum absolute atomic E-state index is 0.0904. The maximum absolute atomic E-state index is 13.2. The van der Waals surface area contributed by atoms with Gasteiger partial charge in [0.15, 0.2) is 0 Å². The van der Waals surface area contributed by atoms with Crippen LogP contribution in [-0.4, -0.2) is 47.9 Å². The van der Waals surface area contributed by atoms with Gasteiger partial charge in [0.1, 0.15) is 12.1 Å².